The SMILES string of the molecule is CC/C=C/C=C/C=C\CCCCCCCC(=O)OC(CCCCCCCCCCCCCCCCCCC)CC(=O)NC(CO)C(O)CCCCCCCCCCCCCCCCCCC. The maximum absolute atomic E-state index is 13.3. The van der Waals surface area contributed by atoms with Gasteiger partial charge in [0, 0.05) is 6.42 Å². The number of amides is 1. The molecule has 3 N–H and O–H groups in total. The van der Waals surface area contributed by atoms with Crippen molar-refractivity contribution in [2.75, 3.05) is 6.61 Å². The molecule has 0 aromatic rings. The van der Waals surface area contributed by atoms with Crippen molar-refractivity contribution < 1.29 is 24.5 Å². The molecule has 388 valence electrons. The summed E-state index contributed by atoms with van der Waals surface area (Å²) in [6, 6.07) is -0.704. The number of allylic oxidation sites excluding steroid dienone is 6. The van der Waals surface area contributed by atoms with Crippen LogP contribution < -0.4 is 5.32 Å². The number of carbonyl (C=O) groups is 2. The quantitative estimate of drug-likeness (QED) is 0.0321. The van der Waals surface area contributed by atoms with Crippen LogP contribution in [-0.2, 0) is 14.3 Å². The molecular weight excluding hydrogens is 815 g/mol. The normalized spacial score (nSPS) is 13.3. The predicted molar refractivity (Wildman–Crippen MR) is 287 cm³/mol. The first-order valence-electron chi connectivity index (χ1n) is 29.2. The molecule has 0 aromatic carbocycles. The summed E-state index contributed by atoms with van der Waals surface area (Å²) in [5.74, 6) is -0.480. The molecule has 66 heavy (non-hydrogen) atoms. The average molecular weight is 929 g/mol. The Labute approximate surface area is 411 Å². The molecule has 0 saturated carbocycles. The molecule has 0 heterocycles. The zero-order valence-corrected chi connectivity index (χ0v) is 44.3. The summed E-state index contributed by atoms with van der Waals surface area (Å²) in [6.07, 6.45) is 65.0. The second-order valence-corrected chi connectivity index (χ2v) is 20.1. The molecule has 0 fully saturated rings. The highest BCUT2D eigenvalue weighted by atomic mass is 16.5. The first kappa shape index (κ1) is 64.1. The number of ether oxygens (including phenoxy) is 1. The van der Waals surface area contributed by atoms with E-state index in [9.17, 15) is 19.8 Å². The van der Waals surface area contributed by atoms with Gasteiger partial charge in [-0.1, -0.05) is 288 Å². The monoisotopic (exact) mass is 928 g/mol. The molecule has 0 bridgehead atoms. The van der Waals surface area contributed by atoms with Gasteiger partial charge in [0.05, 0.1) is 25.2 Å². The van der Waals surface area contributed by atoms with E-state index in [1.54, 1.807) is 0 Å². The number of nitrogens with one attached hydrogen (secondary N) is 1. The smallest absolute Gasteiger partial charge is 0.306 e. The lowest BCUT2D eigenvalue weighted by Gasteiger charge is -2.24. The lowest BCUT2D eigenvalue weighted by atomic mass is 10.0. The molecule has 1 amide bonds. The minimum atomic E-state index is -0.790. The van der Waals surface area contributed by atoms with Gasteiger partial charge in [0.1, 0.15) is 6.10 Å². The summed E-state index contributed by atoms with van der Waals surface area (Å²) >= 11 is 0. The van der Waals surface area contributed by atoms with Crippen molar-refractivity contribution in [2.24, 2.45) is 0 Å². The van der Waals surface area contributed by atoms with Crippen molar-refractivity contribution >= 4 is 11.9 Å². The molecule has 0 spiro atoms. The van der Waals surface area contributed by atoms with Gasteiger partial charge in [0.25, 0.3) is 0 Å². The molecule has 3 atom stereocenters. The van der Waals surface area contributed by atoms with Crippen LogP contribution in [0.15, 0.2) is 36.5 Å². The number of hydrogen-bond donors (Lipinski definition) is 3. The average Bonchev–Trinajstić information content (AvgIpc) is 3.31. The van der Waals surface area contributed by atoms with Gasteiger partial charge in [-0.3, -0.25) is 9.59 Å². The second kappa shape index (κ2) is 54.0. The van der Waals surface area contributed by atoms with Gasteiger partial charge in [0.2, 0.25) is 5.91 Å². The van der Waals surface area contributed by atoms with Crippen molar-refractivity contribution in [3.05, 3.63) is 36.5 Å². The first-order valence-corrected chi connectivity index (χ1v) is 29.2. The molecule has 3 unspecified atom stereocenters. The topological polar surface area (TPSA) is 95.9 Å². The first-order chi connectivity index (χ1) is 32.5. The second-order valence-electron chi connectivity index (χ2n) is 20.1. The summed E-state index contributed by atoms with van der Waals surface area (Å²) in [5.41, 5.74) is 0. The van der Waals surface area contributed by atoms with E-state index in [1.807, 2.05) is 0 Å². The summed E-state index contributed by atoms with van der Waals surface area (Å²) < 4.78 is 5.95. The zero-order valence-electron chi connectivity index (χ0n) is 44.3. The van der Waals surface area contributed by atoms with Crippen LogP contribution >= 0.6 is 0 Å². The van der Waals surface area contributed by atoms with E-state index in [1.165, 1.54) is 193 Å². The standard InChI is InChI=1S/C60H113NO5/c1-4-7-10-13-16-19-22-25-27-29-31-34-36-39-42-45-48-51-56(66-60(65)53-50-47-44-41-38-33-24-21-18-15-12-9-6-3)54-59(64)61-57(55-62)58(63)52-49-46-43-40-37-35-32-30-28-26-23-20-17-14-11-8-5-2/h9,12,15,18,21,24,56-58,62-63H,4-8,10-11,13-14,16-17,19-20,22-23,25-55H2,1-3H3,(H,61,64)/b12-9+,18-15+,24-21-. The Balaban J connectivity index is 4.51. The largest absolute Gasteiger partial charge is 0.462 e. The Morgan fingerprint density at radius 3 is 1.23 bits per heavy atom. The van der Waals surface area contributed by atoms with Crippen molar-refractivity contribution in [2.45, 2.75) is 328 Å². The van der Waals surface area contributed by atoms with Gasteiger partial charge < -0.3 is 20.3 Å². The third kappa shape index (κ3) is 48.5. The van der Waals surface area contributed by atoms with Crippen molar-refractivity contribution in [1.82, 2.24) is 5.32 Å². The van der Waals surface area contributed by atoms with Gasteiger partial charge in [0.15, 0.2) is 0 Å². The minimum Gasteiger partial charge on any atom is -0.462 e. The van der Waals surface area contributed by atoms with E-state index in [0.29, 0.717) is 19.3 Å². The molecule has 0 radical (unpaired) electrons. The number of aliphatic hydroxyl groups is 2. The van der Waals surface area contributed by atoms with E-state index in [0.717, 1.165) is 70.6 Å². The zero-order chi connectivity index (χ0) is 48.1. The highest BCUT2D eigenvalue weighted by molar-refractivity contribution is 5.77. The molecule has 6 heteroatoms. The van der Waals surface area contributed by atoms with E-state index in [4.69, 9.17) is 4.74 Å². The Hall–Kier alpha value is -1.92. The maximum Gasteiger partial charge on any atom is 0.306 e. The van der Waals surface area contributed by atoms with Gasteiger partial charge in [-0.2, -0.15) is 0 Å². The Morgan fingerprint density at radius 2 is 0.818 bits per heavy atom. The number of aliphatic hydroxyl groups excluding tert-OH is 2. The van der Waals surface area contributed by atoms with Crippen LogP contribution in [0, 0.1) is 0 Å². The van der Waals surface area contributed by atoms with Crippen LogP contribution in [0.5, 0.6) is 0 Å². The molecule has 0 aliphatic heterocycles. The lowest BCUT2D eigenvalue weighted by Crippen LogP contribution is -2.46. The molecule has 0 aliphatic rings. The third-order valence-electron chi connectivity index (χ3n) is 13.5. The van der Waals surface area contributed by atoms with Crippen LogP contribution in [0.1, 0.15) is 310 Å². The number of unbranched alkanes of at least 4 members (excludes halogenated alkanes) is 37. The molecule has 0 saturated heterocycles. The number of carbonyl (C=O) groups excluding carboxylic acids is 2. The van der Waals surface area contributed by atoms with Crippen LogP contribution in [0.2, 0.25) is 0 Å². The molecule has 0 aliphatic carbocycles. The number of esters is 1. The van der Waals surface area contributed by atoms with Gasteiger partial charge in [-0.15, -0.1) is 0 Å². The maximum atomic E-state index is 13.3. The lowest BCUT2D eigenvalue weighted by molar-refractivity contribution is -0.151. The third-order valence-corrected chi connectivity index (χ3v) is 13.5. The summed E-state index contributed by atoms with van der Waals surface area (Å²) in [6.45, 7) is 6.39. The van der Waals surface area contributed by atoms with Gasteiger partial charge in [-0.25, -0.2) is 0 Å². The molecular formula is C60H113NO5. The predicted octanol–water partition coefficient (Wildman–Crippen LogP) is 18.0. The van der Waals surface area contributed by atoms with Crippen molar-refractivity contribution in [3.63, 3.8) is 0 Å². The highest BCUT2D eigenvalue weighted by Crippen LogP contribution is 2.19. The Kier molecular flexibility index (Phi) is 52.5. The molecule has 0 aromatic heterocycles. The van der Waals surface area contributed by atoms with Gasteiger partial charge in [-0.05, 0) is 44.9 Å². The van der Waals surface area contributed by atoms with Crippen LogP contribution in [0.4, 0.5) is 0 Å². The van der Waals surface area contributed by atoms with E-state index in [2.05, 4.69) is 62.5 Å². The highest BCUT2D eigenvalue weighted by Gasteiger charge is 2.24. The fourth-order valence-corrected chi connectivity index (χ4v) is 9.14. The summed E-state index contributed by atoms with van der Waals surface area (Å²) in [7, 11) is 0. The van der Waals surface area contributed by atoms with Crippen LogP contribution in [0.3, 0.4) is 0 Å². The van der Waals surface area contributed by atoms with Crippen molar-refractivity contribution in [3.8, 4) is 0 Å². The molecule has 6 nitrogen and oxygen atoms in total. The van der Waals surface area contributed by atoms with Gasteiger partial charge >= 0.3 is 5.97 Å². The Morgan fingerprint density at radius 1 is 0.455 bits per heavy atom. The summed E-state index contributed by atoms with van der Waals surface area (Å²) in [5, 5.41) is 23.9. The van der Waals surface area contributed by atoms with E-state index < -0.39 is 18.2 Å². The fraction of sp³-hybridized carbons (Fsp3) is 0.867. The van der Waals surface area contributed by atoms with E-state index in [-0.39, 0.29) is 24.9 Å². The van der Waals surface area contributed by atoms with E-state index >= 15 is 0 Å². The molecule has 0 rings (SSSR count). The number of hydrogen-bond acceptors (Lipinski definition) is 5. The fourth-order valence-electron chi connectivity index (χ4n) is 9.14. The Bertz CT molecular complexity index is 1090. The van der Waals surface area contributed by atoms with Crippen molar-refractivity contribution in [1.29, 1.82) is 0 Å². The van der Waals surface area contributed by atoms with Crippen LogP contribution in [0.25, 0.3) is 0 Å². The van der Waals surface area contributed by atoms with Crippen LogP contribution in [-0.4, -0.2) is 46.9 Å². The summed E-state index contributed by atoms with van der Waals surface area (Å²) in [4.78, 5) is 26.3. The minimum absolute atomic E-state index is 0.0739. The number of rotatable bonds is 53.